The highest BCUT2D eigenvalue weighted by Crippen LogP contribution is 2.28. The zero-order valence-electron chi connectivity index (χ0n) is 11.3. The molecule has 100 valence electrons. The van der Waals surface area contributed by atoms with Crippen LogP contribution in [-0.2, 0) is 0 Å². The summed E-state index contributed by atoms with van der Waals surface area (Å²) in [6, 6.07) is 18.1. The number of aliphatic hydroxyl groups excluding tert-OH is 1. The standard InChI is InChI=1S/C18H16O2/c1-13-11-15(18(19)16-9-10-20-12-16)7-8-17(13)14-5-3-2-4-6-14/h2-12,18-19H,1H3. The van der Waals surface area contributed by atoms with E-state index in [9.17, 15) is 5.11 Å². The summed E-state index contributed by atoms with van der Waals surface area (Å²) in [5.41, 5.74) is 5.18. The smallest absolute Gasteiger partial charge is 0.107 e. The summed E-state index contributed by atoms with van der Waals surface area (Å²) in [7, 11) is 0. The van der Waals surface area contributed by atoms with Gasteiger partial charge in [0.15, 0.2) is 0 Å². The van der Waals surface area contributed by atoms with Crippen molar-refractivity contribution in [3.8, 4) is 11.1 Å². The van der Waals surface area contributed by atoms with Crippen LogP contribution in [-0.4, -0.2) is 5.11 Å². The van der Waals surface area contributed by atoms with Crippen molar-refractivity contribution in [3.05, 3.63) is 83.8 Å². The molecule has 0 aliphatic heterocycles. The molecule has 1 N–H and O–H groups in total. The minimum Gasteiger partial charge on any atom is -0.472 e. The Hall–Kier alpha value is -2.32. The van der Waals surface area contributed by atoms with Gasteiger partial charge in [0.25, 0.3) is 0 Å². The van der Waals surface area contributed by atoms with E-state index in [-0.39, 0.29) is 0 Å². The quantitative estimate of drug-likeness (QED) is 0.763. The van der Waals surface area contributed by atoms with E-state index in [1.165, 1.54) is 11.1 Å². The Labute approximate surface area is 118 Å². The molecule has 0 saturated carbocycles. The van der Waals surface area contributed by atoms with Crippen molar-refractivity contribution >= 4 is 0 Å². The fourth-order valence-corrected chi connectivity index (χ4v) is 2.42. The van der Waals surface area contributed by atoms with E-state index in [4.69, 9.17) is 4.42 Å². The lowest BCUT2D eigenvalue weighted by Gasteiger charge is -2.12. The molecule has 1 unspecified atom stereocenters. The topological polar surface area (TPSA) is 33.4 Å². The maximum atomic E-state index is 10.3. The summed E-state index contributed by atoms with van der Waals surface area (Å²) in [6.45, 7) is 2.06. The maximum absolute atomic E-state index is 10.3. The van der Waals surface area contributed by atoms with Gasteiger partial charge in [0.1, 0.15) is 6.10 Å². The zero-order chi connectivity index (χ0) is 13.9. The van der Waals surface area contributed by atoms with Gasteiger partial charge in [0.05, 0.1) is 12.5 Å². The second-order valence-electron chi connectivity index (χ2n) is 4.90. The Morgan fingerprint density at radius 3 is 2.40 bits per heavy atom. The largest absolute Gasteiger partial charge is 0.472 e. The highest BCUT2D eigenvalue weighted by atomic mass is 16.3. The summed E-state index contributed by atoms with van der Waals surface area (Å²) in [6.07, 6.45) is 2.51. The number of aliphatic hydroxyl groups is 1. The molecule has 1 atom stereocenters. The third kappa shape index (κ3) is 2.38. The van der Waals surface area contributed by atoms with Gasteiger partial charge in [-0.05, 0) is 35.2 Å². The van der Waals surface area contributed by atoms with Gasteiger partial charge in [0, 0.05) is 5.56 Å². The van der Waals surface area contributed by atoms with Gasteiger partial charge in [-0.1, -0.05) is 48.5 Å². The van der Waals surface area contributed by atoms with Crippen LogP contribution in [0.1, 0.15) is 22.8 Å². The van der Waals surface area contributed by atoms with Crippen molar-refractivity contribution in [2.45, 2.75) is 13.0 Å². The summed E-state index contributed by atoms with van der Waals surface area (Å²) in [4.78, 5) is 0. The molecule has 3 rings (SSSR count). The van der Waals surface area contributed by atoms with Crippen molar-refractivity contribution < 1.29 is 9.52 Å². The van der Waals surface area contributed by atoms with Gasteiger partial charge < -0.3 is 9.52 Å². The molecule has 0 aliphatic carbocycles. The van der Waals surface area contributed by atoms with E-state index in [1.807, 2.05) is 30.3 Å². The normalized spacial score (nSPS) is 12.3. The molecule has 2 aromatic carbocycles. The highest BCUT2D eigenvalue weighted by molar-refractivity contribution is 5.67. The maximum Gasteiger partial charge on any atom is 0.107 e. The Bertz CT molecular complexity index is 685. The van der Waals surface area contributed by atoms with Crippen LogP contribution in [0.5, 0.6) is 0 Å². The van der Waals surface area contributed by atoms with Crippen molar-refractivity contribution in [2.24, 2.45) is 0 Å². The molecule has 2 nitrogen and oxygen atoms in total. The van der Waals surface area contributed by atoms with E-state index < -0.39 is 6.10 Å². The van der Waals surface area contributed by atoms with Gasteiger partial charge in [-0.3, -0.25) is 0 Å². The van der Waals surface area contributed by atoms with Gasteiger partial charge in [-0.25, -0.2) is 0 Å². The Balaban J connectivity index is 1.96. The Morgan fingerprint density at radius 2 is 1.75 bits per heavy atom. The highest BCUT2D eigenvalue weighted by Gasteiger charge is 2.13. The molecular formula is C18H16O2. The second kappa shape index (κ2) is 5.35. The average molecular weight is 264 g/mol. The van der Waals surface area contributed by atoms with E-state index >= 15 is 0 Å². The number of rotatable bonds is 3. The van der Waals surface area contributed by atoms with Crippen molar-refractivity contribution in [3.63, 3.8) is 0 Å². The van der Waals surface area contributed by atoms with Gasteiger partial charge in [-0.2, -0.15) is 0 Å². The first-order chi connectivity index (χ1) is 9.75. The summed E-state index contributed by atoms with van der Waals surface area (Å²) in [5.74, 6) is 0. The Morgan fingerprint density at radius 1 is 0.950 bits per heavy atom. The number of aryl methyl sites for hydroxylation is 1. The average Bonchev–Trinajstić information content (AvgIpc) is 3.01. The van der Waals surface area contributed by atoms with Crippen molar-refractivity contribution in [2.75, 3.05) is 0 Å². The summed E-state index contributed by atoms with van der Waals surface area (Å²) >= 11 is 0. The van der Waals surface area contributed by atoms with E-state index in [0.29, 0.717) is 0 Å². The lowest BCUT2D eigenvalue weighted by atomic mass is 9.95. The molecule has 0 amide bonds. The molecule has 1 heterocycles. The van der Waals surface area contributed by atoms with Crippen LogP contribution in [0.2, 0.25) is 0 Å². The van der Waals surface area contributed by atoms with Crippen LogP contribution >= 0.6 is 0 Å². The van der Waals surface area contributed by atoms with Crippen LogP contribution in [0, 0.1) is 6.92 Å². The first kappa shape index (κ1) is 12.7. The molecule has 0 saturated heterocycles. The van der Waals surface area contributed by atoms with Gasteiger partial charge in [-0.15, -0.1) is 0 Å². The molecule has 1 aromatic heterocycles. The molecule has 0 fully saturated rings. The first-order valence-electron chi connectivity index (χ1n) is 6.62. The lowest BCUT2D eigenvalue weighted by molar-refractivity contribution is 0.219. The third-order valence-corrected chi connectivity index (χ3v) is 3.51. The lowest BCUT2D eigenvalue weighted by Crippen LogP contribution is -1.99. The van der Waals surface area contributed by atoms with Crippen LogP contribution in [0.3, 0.4) is 0 Å². The van der Waals surface area contributed by atoms with Crippen LogP contribution in [0.15, 0.2) is 71.5 Å². The fourth-order valence-electron chi connectivity index (χ4n) is 2.42. The second-order valence-corrected chi connectivity index (χ2v) is 4.90. The van der Waals surface area contributed by atoms with Crippen LogP contribution in [0.25, 0.3) is 11.1 Å². The SMILES string of the molecule is Cc1cc(C(O)c2ccoc2)ccc1-c1ccccc1. The molecule has 20 heavy (non-hydrogen) atoms. The van der Waals surface area contributed by atoms with Crippen LogP contribution in [0.4, 0.5) is 0 Å². The van der Waals surface area contributed by atoms with E-state index in [1.54, 1.807) is 18.6 Å². The number of benzene rings is 2. The summed E-state index contributed by atoms with van der Waals surface area (Å²) in [5, 5.41) is 10.3. The molecule has 0 bridgehead atoms. The first-order valence-corrected chi connectivity index (χ1v) is 6.62. The van der Waals surface area contributed by atoms with Gasteiger partial charge in [0.2, 0.25) is 0 Å². The minimum absolute atomic E-state index is 0.641. The van der Waals surface area contributed by atoms with E-state index in [2.05, 4.69) is 25.1 Å². The number of hydrogen-bond acceptors (Lipinski definition) is 2. The van der Waals surface area contributed by atoms with Crippen molar-refractivity contribution in [1.29, 1.82) is 0 Å². The molecule has 0 spiro atoms. The number of hydrogen-bond donors (Lipinski definition) is 1. The molecule has 0 aliphatic rings. The molecule has 2 heteroatoms. The monoisotopic (exact) mass is 264 g/mol. The number of furan rings is 1. The van der Waals surface area contributed by atoms with Gasteiger partial charge >= 0.3 is 0 Å². The minimum atomic E-state index is -0.641. The van der Waals surface area contributed by atoms with E-state index in [0.717, 1.165) is 16.7 Å². The zero-order valence-corrected chi connectivity index (χ0v) is 11.3. The predicted molar refractivity (Wildman–Crippen MR) is 79.4 cm³/mol. The van der Waals surface area contributed by atoms with Crippen LogP contribution < -0.4 is 0 Å². The molecule has 3 aromatic rings. The summed E-state index contributed by atoms with van der Waals surface area (Å²) < 4.78 is 5.02. The third-order valence-electron chi connectivity index (χ3n) is 3.51. The predicted octanol–water partition coefficient (Wildman–Crippen LogP) is 4.34. The Kier molecular flexibility index (Phi) is 3.40. The molecule has 0 radical (unpaired) electrons. The van der Waals surface area contributed by atoms with Crippen molar-refractivity contribution in [1.82, 2.24) is 0 Å². The molecular weight excluding hydrogens is 248 g/mol. The fraction of sp³-hybridized carbons (Fsp3) is 0.111.